The Morgan fingerprint density at radius 3 is 2.33 bits per heavy atom. The normalized spacial score (nSPS) is 11.7. The summed E-state index contributed by atoms with van der Waals surface area (Å²) in [7, 11) is 1.56. The van der Waals surface area contributed by atoms with Gasteiger partial charge in [-0.05, 0) is 35.7 Å². The number of hydrogen-bond acceptors (Lipinski definition) is 2. The van der Waals surface area contributed by atoms with Gasteiger partial charge in [0.05, 0.1) is 16.5 Å². The van der Waals surface area contributed by atoms with Crippen LogP contribution in [0.1, 0.15) is 24.5 Å². The highest BCUT2D eigenvalue weighted by Crippen LogP contribution is 2.24. The van der Waals surface area contributed by atoms with Crippen LogP contribution in [0.2, 0.25) is 15.1 Å². The summed E-state index contributed by atoms with van der Waals surface area (Å²) in [5, 5.41) is 4.00. The maximum absolute atomic E-state index is 13.1. The Bertz CT molecular complexity index is 827. The number of benzene rings is 2. The molecule has 0 aliphatic heterocycles. The van der Waals surface area contributed by atoms with Crippen LogP contribution in [0, 0.1) is 0 Å². The third-order valence-electron chi connectivity index (χ3n) is 4.27. The van der Waals surface area contributed by atoms with Gasteiger partial charge in [-0.2, -0.15) is 0 Å². The fourth-order valence-corrected chi connectivity index (χ4v) is 3.34. The van der Waals surface area contributed by atoms with Crippen molar-refractivity contribution in [2.45, 2.75) is 32.4 Å². The minimum absolute atomic E-state index is 0.106. The summed E-state index contributed by atoms with van der Waals surface area (Å²) < 4.78 is 0. The Morgan fingerprint density at radius 2 is 1.74 bits per heavy atom. The Kier molecular flexibility index (Phi) is 7.96. The Morgan fingerprint density at radius 1 is 1.04 bits per heavy atom. The smallest absolute Gasteiger partial charge is 0.242 e. The molecule has 0 aliphatic rings. The fourth-order valence-electron chi connectivity index (χ4n) is 2.82. The molecular formula is C20H21Cl3N2O2. The molecule has 0 aromatic heterocycles. The zero-order valence-corrected chi connectivity index (χ0v) is 17.4. The monoisotopic (exact) mass is 426 g/mol. The first kappa shape index (κ1) is 21.5. The molecule has 144 valence electrons. The quantitative estimate of drug-likeness (QED) is 0.693. The predicted molar refractivity (Wildman–Crippen MR) is 110 cm³/mol. The average molecular weight is 428 g/mol. The first-order valence-electron chi connectivity index (χ1n) is 8.55. The summed E-state index contributed by atoms with van der Waals surface area (Å²) in [6.45, 7) is 2.11. The highest BCUT2D eigenvalue weighted by atomic mass is 35.5. The molecule has 27 heavy (non-hydrogen) atoms. The standard InChI is InChI=1S/C20H21Cl3N2O2/c1-3-18(20(27)24-2)25(12-14-6-4-5-7-15(14)21)19(26)11-13-8-9-16(22)17(23)10-13/h4-10,18H,3,11-12H2,1-2H3,(H,24,27)/t18-/m0/s1. The third-order valence-corrected chi connectivity index (χ3v) is 5.38. The van der Waals surface area contributed by atoms with Crippen molar-refractivity contribution in [1.29, 1.82) is 0 Å². The van der Waals surface area contributed by atoms with Crippen LogP contribution in [0.25, 0.3) is 0 Å². The Labute approximate surface area is 174 Å². The van der Waals surface area contributed by atoms with Gasteiger partial charge in [0.2, 0.25) is 11.8 Å². The number of likely N-dealkylation sites (N-methyl/N-ethyl adjacent to an activating group) is 1. The third kappa shape index (κ3) is 5.61. The minimum atomic E-state index is -0.596. The second-order valence-corrected chi connectivity index (χ2v) is 7.30. The topological polar surface area (TPSA) is 49.4 Å². The van der Waals surface area contributed by atoms with Gasteiger partial charge in [-0.15, -0.1) is 0 Å². The van der Waals surface area contributed by atoms with Gasteiger partial charge in [0.1, 0.15) is 6.04 Å². The number of rotatable bonds is 7. The predicted octanol–water partition coefficient (Wildman–Crippen LogP) is 4.74. The van der Waals surface area contributed by atoms with Crippen molar-refractivity contribution in [2.75, 3.05) is 7.05 Å². The zero-order chi connectivity index (χ0) is 20.0. The van der Waals surface area contributed by atoms with Gasteiger partial charge in [0.15, 0.2) is 0 Å². The largest absolute Gasteiger partial charge is 0.357 e. The summed E-state index contributed by atoms with van der Waals surface area (Å²) >= 11 is 18.3. The van der Waals surface area contributed by atoms with E-state index >= 15 is 0 Å². The zero-order valence-electron chi connectivity index (χ0n) is 15.1. The second kappa shape index (κ2) is 9.98. The van der Waals surface area contributed by atoms with Crippen LogP contribution in [0.15, 0.2) is 42.5 Å². The number of nitrogens with zero attached hydrogens (tertiary/aromatic N) is 1. The lowest BCUT2D eigenvalue weighted by atomic mass is 10.1. The first-order valence-corrected chi connectivity index (χ1v) is 9.69. The van der Waals surface area contributed by atoms with E-state index in [1.807, 2.05) is 25.1 Å². The summed E-state index contributed by atoms with van der Waals surface area (Å²) in [5.74, 6) is -0.407. The van der Waals surface area contributed by atoms with E-state index in [0.29, 0.717) is 21.5 Å². The van der Waals surface area contributed by atoms with Crippen LogP contribution >= 0.6 is 34.8 Å². The average Bonchev–Trinajstić information content (AvgIpc) is 2.65. The van der Waals surface area contributed by atoms with Crippen molar-refractivity contribution < 1.29 is 9.59 Å². The van der Waals surface area contributed by atoms with E-state index in [2.05, 4.69) is 5.32 Å². The van der Waals surface area contributed by atoms with Gasteiger partial charge in [-0.25, -0.2) is 0 Å². The number of carbonyl (C=O) groups excluding carboxylic acids is 2. The molecule has 2 amide bonds. The molecule has 0 aliphatic carbocycles. The van der Waals surface area contributed by atoms with Gasteiger partial charge in [0, 0.05) is 18.6 Å². The molecule has 0 bridgehead atoms. The van der Waals surface area contributed by atoms with E-state index < -0.39 is 6.04 Å². The van der Waals surface area contributed by atoms with Gasteiger partial charge < -0.3 is 10.2 Å². The van der Waals surface area contributed by atoms with E-state index in [1.165, 1.54) is 0 Å². The van der Waals surface area contributed by atoms with Crippen LogP contribution in [0.4, 0.5) is 0 Å². The Balaban J connectivity index is 2.32. The number of nitrogens with one attached hydrogen (secondary N) is 1. The molecule has 0 fully saturated rings. The fraction of sp³-hybridized carbons (Fsp3) is 0.300. The maximum atomic E-state index is 13.1. The molecule has 4 nitrogen and oxygen atoms in total. The number of carbonyl (C=O) groups is 2. The molecule has 0 radical (unpaired) electrons. The van der Waals surface area contributed by atoms with Crippen LogP contribution in [-0.4, -0.2) is 29.8 Å². The SMILES string of the molecule is CC[C@@H](C(=O)NC)N(Cc1ccccc1Cl)C(=O)Cc1ccc(Cl)c(Cl)c1. The van der Waals surface area contributed by atoms with Crippen LogP contribution < -0.4 is 5.32 Å². The molecule has 0 heterocycles. The number of amides is 2. The van der Waals surface area contributed by atoms with Gasteiger partial charge in [-0.1, -0.05) is 66.0 Å². The van der Waals surface area contributed by atoms with Gasteiger partial charge in [0.25, 0.3) is 0 Å². The summed E-state index contributed by atoms with van der Waals surface area (Å²) in [6, 6.07) is 11.8. The van der Waals surface area contributed by atoms with E-state index in [4.69, 9.17) is 34.8 Å². The molecular weight excluding hydrogens is 407 g/mol. The number of halogens is 3. The lowest BCUT2D eigenvalue weighted by molar-refractivity contribution is -0.140. The highest BCUT2D eigenvalue weighted by molar-refractivity contribution is 6.42. The molecule has 2 aromatic rings. The van der Waals surface area contributed by atoms with E-state index in [0.717, 1.165) is 11.1 Å². The van der Waals surface area contributed by atoms with Crippen molar-refractivity contribution in [3.05, 3.63) is 68.7 Å². The first-order chi connectivity index (χ1) is 12.9. The van der Waals surface area contributed by atoms with Gasteiger partial charge >= 0.3 is 0 Å². The molecule has 1 N–H and O–H groups in total. The Hall–Kier alpha value is -1.75. The summed E-state index contributed by atoms with van der Waals surface area (Å²) in [5.41, 5.74) is 1.51. The molecule has 0 unspecified atom stereocenters. The van der Waals surface area contributed by atoms with E-state index in [1.54, 1.807) is 36.2 Å². The van der Waals surface area contributed by atoms with Crippen LogP contribution in [-0.2, 0) is 22.6 Å². The molecule has 0 saturated carbocycles. The second-order valence-electron chi connectivity index (χ2n) is 6.08. The highest BCUT2D eigenvalue weighted by Gasteiger charge is 2.28. The van der Waals surface area contributed by atoms with Crippen LogP contribution in [0.3, 0.4) is 0 Å². The lowest BCUT2D eigenvalue weighted by Crippen LogP contribution is -2.48. The van der Waals surface area contributed by atoms with Crippen molar-refractivity contribution in [2.24, 2.45) is 0 Å². The summed E-state index contributed by atoms with van der Waals surface area (Å²) in [4.78, 5) is 27.0. The molecule has 2 aromatic carbocycles. The van der Waals surface area contributed by atoms with Crippen molar-refractivity contribution in [1.82, 2.24) is 10.2 Å². The molecule has 1 atom stereocenters. The van der Waals surface area contributed by atoms with Crippen molar-refractivity contribution in [3.8, 4) is 0 Å². The van der Waals surface area contributed by atoms with Gasteiger partial charge in [-0.3, -0.25) is 9.59 Å². The van der Waals surface area contributed by atoms with Crippen molar-refractivity contribution in [3.63, 3.8) is 0 Å². The molecule has 2 rings (SSSR count). The van der Waals surface area contributed by atoms with E-state index in [-0.39, 0.29) is 24.8 Å². The minimum Gasteiger partial charge on any atom is -0.357 e. The van der Waals surface area contributed by atoms with Crippen LogP contribution in [0.5, 0.6) is 0 Å². The molecule has 7 heteroatoms. The number of hydrogen-bond donors (Lipinski definition) is 1. The maximum Gasteiger partial charge on any atom is 0.242 e. The van der Waals surface area contributed by atoms with Crippen molar-refractivity contribution >= 4 is 46.6 Å². The molecule has 0 saturated heterocycles. The molecule has 0 spiro atoms. The van der Waals surface area contributed by atoms with E-state index in [9.17, 15) is 9.59 Å². The summed E-state index contributed by atoms with van der Waals surface area (Å²) in [6.07, 6.45) is 0.589. The lowest BCUT2D eigenvalue weighted by Gasteiger charge is -2.30.